The summed E-state index contributed by atoms with van der Waals surface area (Å²) in [5, 5.41) is 21.4. The van der Waals surface area contributed by atoms with Crippen molar-refractivity contribution in [3.05, 3.63) is 57.7 Å². The summed E-state index contributed by atoms with van der Waals surface area (Å²) >= 11 is 6.37. The fourth-order valence-electron chi connectivity index (χ4n) is 4.86. The summed E-state index contributed by atoms with van der Waals surface area (Å²) in [7, 11) is 0. The van der Waals surface area contributed by atoms with Gasteiger partial charge in [0.25, 0.3) is 0 Å². The van der Waals surface area contributed by atoms with Crippen LogP contribution in [0.15, 0.2) is 51.7 Å². The first-order chi connectivity index (χ1) is 15.2. The molecule has 6 nitrogen and oxygen atoms in total. The van der Waals surface area contributed by atoms with Crippen molar-refractivity contribution in [2.75, 3.05) is 24.6 Å². The first kappa shape index (κ1) is 20.3. The molecule has 0 saturated heterocycles. The first-order valence-electron chi connectivity index (χ1n) is 11.0. The molecule has 1 saturated carbocycles. The third-order valence-corrected chi connectivity index (χ3v) is 6.61. The molecule has 2 aromatic rings. The van der Waals surface area contributed by atoms with E-state index in [4.69, 9.17) is 16.3 Å². The maximum Gasteiger partial charge on any atom is 0.119 e. The Morgan fingerprint density at radius 3 is 2.74 bits per heavy atom. The molecule has 7 heteroatoms. The summed E-state index contributed by atoms with van der Waals surface area (Å²) in [5.74, 6) is 1.30. The molecule has 3 heterocycles. The van der Waals surface area contributed by atoms with Gasteiger partial charge in [-0.2, -0.15) is 10.2 Å². The zero-order chi connectivity index (χ0) is 21.2. The normalized spacial score (nSPS) is 22.8. The number of para-hydroxylation sites is 1. The Hall–Kier alpha value is -2.57. The highest BCUT2D eigenvalue weighted by Crippen LogP contribution is 2.34. The highest BCUT2D eigenvalue weighted by Gasteiger charge is 2.29. The average molecular weight is 439 g/mol. The Balaban J connectivity index is 1.43. The minimum Gasteiger partial charge on any atom is -0.490 e. The molecular weight excluding hydrogens is 412 g/mol. The summed E-state index contributed by atoms with van der Waals surface area (Å²) in [4.78, 5) is 5.75. The van der Waals surface area contributed by atoms with E-state index < -0.39 is 0 Å². The zero-order valence-corrected chi connectivity index (χ0v) is 18.2. The Morgan fingerprint density at radius 1 is 1.16 bits per heavy atom. The third kappa shape index (κ3) is 4.14. The number of halogens is 1. The van der Waals surface area contributed by atoms with Gasteiger partial charge in [-0.1, -0.05) is 29.8 Å². The van der Waals surface area contributed by atoms with Crippen molar-refractivity contribution in [1.82, 2.24) is 4.98 Å². The predicted molar refractivity (Wildman–Crippen MR) is 123 cm³/mol. The molecule has 0 amide bonds. The van der Waals surface area contributed by atoms with Crippen LogP contribution in [0.2, 0.25) is 0 Å². The van der Waals surface area contributed by atoms with Crippen LogP contribution in [0.5, 0.6) is 5.75 Å². The van der Waals surface area contributed by atoms with Crippen LogP contribution < -0.4 is 20.3 Å². The van der Waals surface area contributed by atoms with E-state index in [0.717, 1.165) is 59.1 Å². The lowest BCUT2D eigenvalue weighted by Gasteiger charge is -2.29. The van der Waals surface area contributed by atoms with Gasteiger partial charge in [-0.3, -0.25) is 0 Å². The summed E-state index contributed by atoms with van der Waals surface area (Å²) in [6.45, 7) is 1.86. The molecule has 2 N–H and O–H groups in total. The standard InChI is InChI=1S/C24H27ClN4O2/c25-17-10-11-29(12-13-30)24-20-15-26-28-22(23(20)27-21(24)14-17)16-6-8-19(9-7-16)31-18-4-2-1-3-5-18/h1-5,10,14,16,19,27,30H,6-9,11-13,15H2. The second-order valence-electron chi connectivity index (χ2n) is 8.33. The lowest BCUT2D eigenvalue weighted by Crippen LogP contribution is -2.31. The Labute approximate surface area is 186 Å². The van der Waals surface area contributed by atoms with E-state index in [1.54, 1.807) is 0 Å². The zero-order valence-electron chi connectivity index (χ0n) is 17.4. The quantitative estimate of drug-likeness (QED) is 0.751. The van der Waals surface area contributed by atoms with Crippen LogP contribution in [0.25, 0.3) is 11.8 Å². The van der Waals surface area contributed by atoms with E-state index in [2.05, 4.69) is 20.1 Å². The van der Waals surface area contributed by atoms with Gasteiger partial charge < -0.3 is 19.7 Å². The van der Waals surface area contributed by atoms with Gasteiger partial charge in [0.2, 0.25) is 0 Å². The van der Waals surface area contributed by atoms with E-state index in [9.17, 15) is 5.11 Å². The number of ether oxygens (including phenoxy) is 1. The number of nitrogens with zero attached hydrogens (tertiary/aromatic N) is 3. The number of H-pyrrole nitrogens is 1. The number of allylic oxidation sites excluding steroid dienone is 1. The molecule has 3 aliphatic rings. The molecule has 0 bridgehead atoms. The lowest BCUT2D eigenvalue weighted by molar-refractivity contribution is 0.142. The van der Waals surface area contributed by atoms with Crippen molar-refractivity contribution < 1.29 is 9.84 Å². The second kappa shape index (κ2) is 8.89. The Kier molecular flexibility index (Phi) is 5.83. The van der Waals surface area contributed by atoms with Crippen LogP contribution in [0, 0.1) is 5.92 Å². The van der Waals surface area contributed by atoms with E-state index >= 15 is 0 Å². The molecule has 1 aliphatic carbocycles. The first-order valence-corrected chi connectivity index (χ1v) is 11.4. The molecule has 1 fully saturated rings. The van der Waals surface area contributed by atoms with Crippen LogP contribution in [0.1, 0.15) is 31.2 Å². The monoisotopic (exact) mass is 438 g/mol. The summed E-state index contributed by atoms with van der Waals surface area (Å²) in [5.41, 5.74) is 3.30. The van der Waals surface area contributed by atoms with Gasteiger partial charge in [0, 0.05) is 29.6 Å². The van der Waals surface area contributed by atoms with Gasteiger partial charge in [-0.05, 0) is 50.0 Å². The minimum atomic E-state index is 0.0916. The maximum absolute atomic E-state index is 9.56. The SMILES string of the molecule is OCCN1CC=C(Cl)C=c2[nH]c3c(c21)CN=NC=3C1CCC(Oc2ccccc2)CC1. The summed E-state index contributed by atoms with van der Waals surface area (Å²) in [6, 6.07) is 10.1. The molecule has 1 aromatic carbocycles. The molecule has 0 radical (unpaired) electrons. The maximum atomic E-state index is 9.56. The number of aliphatic hydroxyl groups is 1. The summed E-state index contributed by atoms with van der Waals surface area (Å²) in [6.07, 6.45) is 8.25. The number of hydrogen-bond donors (Lipinski definition) is 2. The number of anilines is 1. The van der Waals surface area contributed by atoms with Gasteiger partial charge in [-0.25, -0.2) is 0 Å². The molecule has 31 heavy (non-hydrogen) atoms. The van der Waals surface area contributed by atoms with Crippen LogP contribution in [-0.2, 0) is 6.54 Å². The van der Waals surface area contributed by atoms with Crippen molar-refractivity contribution >= 4 is 29.1 Å². The minimum absolute atomic E-state index is 0.0916. The number of benzene rings is 1. The smallest absolute Gasteiger partial charge is 0.119 e. The van der Waals surface area contributed by atoms with Crippen LogP contribution in [0.3, 0.4) is 0 Å². The molecule has 162 valence electrons. The Morgan fingerprint density at radius 2 is 1.97 bits per heavy atom. The molecule has 1 aromatic heterocycles. The second-order valence-corrected chi connectivity index (χ2v) is 8.77. The highest BCUT2D eigenvalue weighted by molar-refractivity contribution is 6.34. The van der Waals surface area contributed by atoms with Gasteiger partial charge >= 0.3 is 0 Å². The molecule has 5 rings (SSSR count). The highest BCUT2D eigenvalue weighted by atomic mass is 35.5. The van der Waals surface area contributed by atoms with E-state index in [0.29, 0.717) is 30.6 Å². The number of aromatic nitrogens is 1. The predicted octanol–water partition coefficient (Wildman–Crippen LogP) is 3.44. The van der Waals surface area contributed by atoms with Crippen LogP contribution in [0.4, 0.5) is 5.69 Å². The van der Waals surface area contributed by atoms with Gasteiger partial charge in [0.05, 0.1) is 41.3 Å². The van der Waals surface area contributed by atoms with Gasteiger partial charge in [-0.15, -0.1) is 0 Å². The topological polar surface area (TPSA) is 73.2 Å². The number of β-amino-alcohol motifs (C(OH)–C–C–N with tert-alkyl or cyclic N) is 1. The van der Waals surface area contributed by atoms with Crippen molar-refractivity contribution in [2.24, 2.45) is 16.1 Å². The van der Waals surface area contributed by atoms with Gasteiger partial charge in [0.1, 0.15) is 5.75 Å². The molecule has 0 spiro atoms. The van der Waals surface area contributed by atoms with Crippen molar-refractivity contribution in [2.45, 2.75) is 38.3 Å². The van der Waals surface area contributed by atoms with Crippen molar-refractivity contribution in [3.63, 3.8) is 0 Å². The Bertz CT molecular complexity index is 1110. The van der Waals surface area contributed by atoms with Gasteiger partial charge in [0.15, 0.2) is 0 Å². The average Bonchev–Trinajstić information content (AvgIpc) is 3.08. The molecule has 2 aliphatic heterocycles. The fraction of sp³-hybridized carbons (Fsp3) is 0.417. The number of rotatable bonds is 5. The molecule has 0 atom stereocenters. The van der Waals surface area contributed by atoms with Crippen LogP contribution >= 0.6 is 11.6 Å². The number of hydrogen-bond acceptors (Lipinski definition) is 5. The van der Waals surface area contributed by atoms with E-state index in [1.807, 2.05) is 42.5 Å². The van der Waals surface area contributed by atoms with Crippen molar-refractivity contribution in [3.8, 4) is 5.75 Å². The lowest BCUT2D eigenvalue weighted by atomic mass is 9.84. The molecular formula is C24H27ClN4O2. The van der Waals surface area contributed by atoms with E-state index in [1.165, 1.54) is 0 Å². The largest absolute Gasteiger partial charge is 0.490 e. The number of nitrogens with one attached hydrogen (secondary N) is 1. The van der Waals surface area contributed by atoms with Crippen molar-refractivity contribution in [1.29, 1.82) is 0 Å². The number of fused-ring (bicyclic) bond motifs is 3. The molecule has 0 unspecified atom stereocenters. The summed E-state index contributed by atoms with van der Waals surface area (Å²) < 4.78 is 6.17. The van der Waals surface area contributed by atoms with E-state index in [-0.39, 0.29) is 12.7 Å². The number of aromatic amines is 1. The number of azo groups is 1. The fourth-order valence-corrected chi connectivity index (χ4v) is 5.04. The number of aliphatic hydroxyl groups excluding tert-OH is 1. The van der Waals surface area contributed by atoms with Crippen LogP contribution in [-0.4, -0.2) is 35.9 Å². The third-order valence-electron chi connectivity index (χ3n) is 6.35.